The fourth-order valence-corrected chi connectivity index (χ4v) is 1.28. The van der Waals surface area contributed by atoms with Crippen molar-refractivity contribution in [2.24, 2.45) is 0 Å². The van der Waals surface area contributed by atoms with E-state index in [-0.39, 0.29) is 23.7 Å². The second-order valence-corrected chi connectivity index (χ2v) is 4.15. The lowest BCUT2D eigenvalue weighted by Gasteiger charge is -2.18. The first-order chi connectivity index (χ1) is 10.5. The summed E-state index contributed by atoms with van der Waals surface area (Å²) in [6, 6.07) is 2.73. The van der Waals surface area contributed by atoms with Gasteiger partial charge in [0.1, 0.15) is 5.75 Å². The van der Waals surface area contributed by atoms with Crippen molar-refractivity contribution in [2.45, 2.75) is 18.4 Å². The Labute approximate surface area is 140 Å². The Hall–Kier alpha value is -3.29. The predicted octanol–water partition coefficient (Wildman–Crippen LogP) is -0.439. The predicted molar refractivity (Wildman–Crippen MR) is 80.0 cm³/mol. The summed E-state index contributed by atoms with van der Waals surface area (Å²) < 4.78 is 0. The van der Waals surface area contributed by atoms with Gasteiger partial charge in [0, 0.05) is 6.20 Å². The largest absolute Gasteiger partial charge is 0.505 e. The minimum atomic E-state index is -2.74. The lowest BCUT2D eigenvalue weighted by Crippen LogP contribution is -2.42. The third kappa shape index (κ3) is 9.44. The highest BCUT2D eigenvalue weighted by molar-refractivity contribution is 5.88. The zero-order chi connectivity index (χ0) is 18.2. The molecule has 0 aromatic carbocycles. The molecule has 13 heteroatoms. The molecule has 13 nitrogen and oxygen atoms in total. The molecule has 0 radical (unpaired) electrons. The Morgan fingerprint density at radius 3 is 1.64 bits per heavy atom. The Morgan fingerprint density at radius 2 is 1.40 bits per heavy atom. The van der Waals surface area contributed by atoms with Crippen LogP contribution in [0.2, 0.25) is 0 Å². The molecule has 0 aliphatic carbocycles. The van der Waals surface area contributed by atoms with E-state index in [1.807, 2.05) is 0 Å². The van der Waals surface area contributed by atoms with Crippen LogP contribution in [0.4, 0.5) is 0 Å². The maximum atomic E-state index is 10.3. The van der Waals surface area contributed by atoms with Crippen molar-refractivity contribution in [1.82, 2.24) is 17.3 Å². The zero-order valence-corrected chi connectivity index (χ0v) is 12.8. The number of aliphatic hydroxyl groups is 1. The summed E-state index contributed by atoms with van der Waals surface area (Å²) in [6.45, 7) is 0. The molecule has 12 N–H and O–H groups in total. The maximum absolute atomic E-state index is 10.3. The van der Waals surface area contributed by atoms with Crippen molar-refractivity contribution < 1.29 is 49.8 Å². The number of carboxylic acids is 4. The summed E-state index contributed by atoms with van der Waals surface area (Å²) >= 11 is 0. The summed E-state index contributed by atoms with van der Waals surface area (Å²) in [7, 11) is 0. The van der Waals surface area contributed by atoms with Crippen molar-refractivity contribution in [3.8, 4) is 5.75 Å². The number of hydrogen-bond acceptors (Lipinski definition) is 9. The molecular weight excluding hydrogens is 346 g/mol. The number of aromatic nitrogens is 1. The van der Waals surface area contributed by atoms with E-state index in [2.05, 4.69) is 4.98 Å². The molecule has 0 saturated heterocycles. The Bertz CT molecular complexity index is 603. The normalized spacial score (nSPS) is 9.32. The van der Waals surface area contributed by atoms with E-state index < -0.39 is 42.3 Å². The van der Waals surface area contributed by atoms with Crippen molar-refractivity contribution in [2.75, 3.05) is 0 Å². The number of carbonyl (C=O) groups is 4. The van der Waals surface area contributed by atoms with Crippen LogP contribution in [-0.2, 0) is 14.4 Å². The molecule has 1 aromatic heterocycles. The van der Waals surface area contributed by atoms with Gasteiger partial charge in [-0.3, -0.25) is 9.59 Å². The molecule has 1 rings (SSSR count). The molecule has 1 heterocycles. The quantitative estimate of drug-likeness (QED) is 0.317. The first kappa shape index (κ1) is 26.6. The maximum Gasteiger partial charge on any atom is 0.358 e. The van der Waals surface area contributed by atoms with Gasteiger partial charge < -0.3 is 42.9 Å². The standard InChI is InChI=1S/C6H5NO3.C6H8O7.2H3N/c8-4-2-1-3-7-5(4)6(9)10;7-3(8)1-6(13,5(11)12)2-4(9)10;;/h1-3,8H,(H,9,10);13H,1-2H2,(H,7,8)(H,9,10)(H,11,12);2*1H3. The smallest absolute Gasteiger partial charge is 0.358 e. The summed E-state index contributed by atoms with van der Waals surface area (Å²) in [5, 5.41) is 51.0. The lowest BCUT2D eigenvalue weighted by molar-refractivity contribution is -0.170. The number of hydrogen-bond donors (Lipinski definition) is 8. The summed E-state index contributed by atoms with van der Waals surface area (Å²) in [6.07, 6.45) is -0.980. The van der Waals surface area contributed by atoms with Crippen LogP contribution in [0.25, 0.3) is 0 Å². The molecule has 0 unspecified atom stereocenters. The van der Waals surface area contributed by atoms with Gasteiger partial charge in [0.15, 0.2) is 11.3 Å². The zero-order valence-electron chi connectivity index (χ0n) is 12.8. The van der Waals surface area contributed by atoms with Gasteiger partial charge >= 0.3 is 23.9 Å². The van der Waals surface area contributed by atoms with Crippen LogP contribution >= 0.6 is 0 Å². The fourth-order valence-electron chi connectivity index (χ4n) is 1.28. The Kier molecular flexibility index (Phi) is 12.0. The summed E-state index contributed by atoms with van der Waals surface area (Å²) in [4.78, 5) is 44.1. The van der Waals surface area contributed by atoms with Crippen LogP contribution in [0.3, 0.4) is 0 Å². The first-order valence-corrected chi connectivity index (χ1v) is 5.76. The van der Waals surface area contributed by atoms with Crippen molar-refractivity contribution >= 4 is 23.9 Å². The molecule has 0 aliphatic heterocycles. The number of aromatic hydroxyl groups is 1. The summed E-state index contributed by atoms with van der Waals surface area (Å²) in [5.74, 6) is -6.55. The molecule has 0 aliphatic rings. The van der Waals surface area contributed by atoms with Crippen LogP contribution in [0.5, 0.6) is 5.75 Å². The first-order valence-electron chi connectivity index (χ1n) is 5.76. The highest BCUT2D eigenvalue weighted by atomic mass is 16.4. The van der Waals surface area contributed by atoms with Crippen molar-refractivity contribution in [3.05, 3.63) is 24.0 Å². The second-order valence-electron chi connectivity index (χ2n) is 4.15. The van der Waals surface area contributed by atoms with Gasteiger partial charge in [-0.05, 0) is 12.1 Å². The monoisotopic (exact) mass is 365 g/mol. The molecule has 0 saturated carbocycles. The number of rotatable bonds is 6. The fraction of sp³-hybridized carbons (Fsp3) is 0.250. The third-order valence-corrected chi connectivity index (χ3v) is 2.27. The SMILES string of the molecule is N.N.O=C(O)CC(O)(CC(=O)O)C(=O)O.O=C(O)c1ncccc1O. The second kappa shape index (κ2) is 11.3. The van der Waals surface area contributed by atoms with Crippen LogP contribution in [0, 0.1) is 0 Å². The van der Waals surface area contributed by atoms with Gasteiger partial charge in [-0.2, -0.15) is 0 Å². The molecule has 142 valence electrons. The van der Waals surface area contributed by atoms with E-state index in [9.17, 15) is 19.2 Å². The van der Waals surface area contributed by atoms with Gasteiger partial charge in [0.05, 0.1) is 12.8 Å². The molecule has 0 fully saturated rings. The van der Waals surface area contributed by atoms with Gasteiger partial charge in [-0.25, -0.2) is 14.6 Å². The van der Waals surface area contributed by atoms with Crippen LogP contribution < -0.4 is 12.3 Å². The van der Waals surface area contributed by atoms with E-state index in [4.69, 9.17) is 30.6 Å². The van der Waals surface area contributed by atoms with E-state index in [0.29, 0.717) is 0 Å². The number of pyridine rings is 1. The van der Waals surface area contributed by atoms with Gasteiger partial charge in [-0.15, -0.1) is 0 Å². The number of aromatic carboxylic acids is 1. The van der Waals surface area contributed by atoms with Crippen LogP contribution in [-0.4, -0.2) is 65.1 Å². The Balaban J connectivity index is -0.000000367. The highest BCUT2D eigenvalue weighted by Crippen LogP contribution is 2.15. The van der Waals surface area contributed by atoms with E-state index >= 15 is 0 Å². The summed E-state index contributed by atoms with van der Waals surface area (Å²) in [5.41, 5.74) is -3.06. The van der Waals surface area contributed by atoms with Crippen LogP contribution in [0.15, 0.2) is 18.3 Å². The third-order valence-electron chi connectivity index (χ3n) is 2.27. The average molecular weight is 365 g/mol. The van der Waals surface area contributed by atoms with Gasteiger partial charge in [-0.1, -0.05) is 0 Å². The lowest BCUT2D eigenvalue weighted by atomic mass is 9.96. The number of nitrogens with zero attached hydrogens (tertiary/aromatic N) is 1. The van der Waals surface area contributed by atoms with Crippen molar-refractivity contribution in [1.29, 1.82) is 0 Å². The highest BCUT2D eigenvalue weighted by Gasteiger charge is 2.40. The van der Waals surface area contributed by atoms with E-state index in [0.717, 1.165) is 0 Å². The molecule has 0 bridgehead atoms. The Morgan fingerprint density at radius 1 is 0.960 bits per heavy atom. The minimum Gasteiger partial charge on any atom is -0.505 e. The minimum absolute atomic E-state index is 0. The molecule has 0 atom stereocenters. The van der Waals surface area contributed by atoms with E-state index in [1.54, 1.807) is 0 Å². The molecule has 0 amide bonds. The number of aliphatic carboxylic acids is 3. The molecule has 25 heavy (non-hydrogen) atoms. The molecule has 0 spiro atoms. The van der Waals surface area contributed by atoms with Crippen LogP contribution in [0.1, 0.15) is 23.3 Å². The van der Waals surface area contributed by atoms with Crippen molar-refractivity contribution in [3.63, 3.8) is 0 Å². The van der Waals surface area contributed by atoms with Gasteiger partial charge in [0.2, 0.25) is 0 Å². The number of carboxylic acid groups (broad SMARTS) is 4. The molecule has 1 aromatic rings. The van der Waals surface area contributed by atoms with E-state index in [1.165, 1.54) is 18.3 Å². The average Bonchev–Trinajstić information content (AvgIpc) is 2.37. The molecular formula is C12H19N3O10. The van der Waals surface area contributed by atoms with Gasteiger partial charge in [0.25, 0.3) is 0 Å². The topological polar surface area (TPSA) is 273 Å².